The van der Waals surface area contributed by atoms with E-state index in [1.807, 2.05) is 0 Å². The number of aromatic hydroxyl groups is 1. The third-order valence-electron chi connectivity index (χ3n) is 3.72. The van der Waals surface area contributed by atoms with E-state index in [9.17, 15) is 9.90 Å². The molecule has 3 rings (SSSR count). The molecule has 27 heavy (non-hydrogen) atoms. The number of carbonyl (C=O) groups excluding carboxylic acids is 1. The van der Waals surface area contributed by atoms with E-state index in [0.717, 1.165) is 0 Å². The number of ether oxygens (including phenoxy) is 2. The molecule has 138 valence electrons. The number of aromatic nitrogens is 2. The van der Waals surface area contributed by atoms with E-state index >= 15 is 0 Å². The van der Waals surface area contributed by atoms with Crippen LogP contribution in [0.25, 0.3) is 11.4 Å². The Balaban J connectivity index is 1.80. The second-order valence-electron chi connectivity index (χ2n) is 5.49. The Bertz CT molecular complexity index is 952. The van der Waals surface area contributed by atoms with Crippen LogP contribution in [0.5, 0.6) is 17.2 Å². The van der Waals surface area contributed by atoms with Crippen molar-refractivity contribution in [2.24, 2.45) is 0 Å². The van der Waals surface area contributed by atoms with Crippen molar-refractivity contribution in [2.75, 3.05) is 19.5 Å². The second kappa shape index (κ2) is 8.05. The molecule has 7 nitrogen and oxygen atoms in total. The lowest BCUT2D eigenvalue weighted by Crippen LogP contribution is -2.13. The Morgan fingerprint density at radius 1 is 1.07 bits per heavy atom. The van der Waals surface area contributed by atoms with E-state index in [4.69, 9.17) is 9.47 Å². The zero-order valence-corrected chi connectivity index (χ0v) is 16.1. The SMILES string of the molecule is COc1cc(C(=O)Nc2cnc(-c3cccc(O)c3)nc2)cc(OC)c1Br. The minimum absolute atomic E-state index is 0.131. The van der Waals surface area contributed by atoms with E-state index in [0.29, 0.717) is 38.6 Å². The van der Waals surface area contributed by atoms with Gasteiger partial charge in [0.25, 0.3) is 5.91 Å². The lowest BCUT2D eigenvalue weighted by Gasteiger charge is -2.11. The standard InChI is InChI=1S/C19H16BrN3O4/c1-26-15-7-12(8-16(27-2)17(15)20)19(25)23-13-9-21-18(22-10-13)11-4-3-5-14(24)6-11/h3-10,24H,1-2H3,(H,23,25). The first kappa shape index (κ1) is 18.7. The van der Waals surface area contributed by atoms with Crippen LogP contribution in [-0.4, -0.2) is 35.2 Å². The number of phenolic OH excluding ortho intramolecular Hbond substituents is 1. The molecule has 1 aromatic heterocycles. The summed E-state index contributed by atoms with van der Waals surface area (Å²) in [4.78, 5) is 21.0. The summed E-state index contributed by atoms with van der Waals surface area (Å²) in [7, 11) is 3.02. The zero-order chi connectivity index (χ0) is 19.4. The molecule has 0 radical (unpaired) electrons. The van der Waals surface area contributed by atoms with Gasteiger partial charge in [0.2, 0.25) is 0 Å². The Morgan fingerprint density at radius 2 is 1.70 bits per heavy atom. The van der Waals surface area contributed by atoms with Crippen molar-refractivity contribution in [3.8, 4) is 28.6 Å². The van der Waals surface area contributed by atoms with Crippen LogP contribution in [0.15, 0.2) is 53.3 Å². The fraction of sp³-hybridized carbons (Fsp3) is 0.105. The van der Waals surface area contributed by atoms with Crippen molar-refractivity contribution < 1.29 is 19.4 Å². The van der Waals surface area contributed by atoms with Crippen LogP contribution >= 0.6 is 15.9 Å². The van der Waals surface area contributed by atoms with Crippen LogP contribution in [0, 0.1) is 0 Å². The van der Waals surface area contributed by atoms with Crippen LogP contribution in [-0.2, 0) is 0 Å². The number of hydrogen-bond donors (Lipinski definition) is 2. The number of benzene rings is 2. The summed E-state index contributed by atoms with van der Waals surface area (Å²) in [5.41, 5.74) is 1.48. The molecule has 0 unspecified atom stereocenters. The van der Waals surface area contributed by atoms with Gasteiger partial charge in [0, 0.05) is 11.1 Å². The van der Waals surface area contributed by atoms with Crippen molar-refractivity contribution in [3.63, 3.8) is 0 Å². The highest BCUT2D eigenvalue weighted by Gasteiger charge is 2.15. The second-order valence-corrected chi connectivity index (χ2v) is 6.29. The van der Waals surface area contributed by atoms with Gasteiger partial charge in [-0.15, -0.1) is 0 Å². The molecule has 0 saturated carbocycles. The molecule has 8 heteroatoms. The van der Waals surface area contributed by atoms with Gasteiger partial charge in [-0.05, 0) is 40.2 Å². The van der Waals surface area contributed by atoms with E-state index in [1.54, 1.807) is 36.4 Å². The number of nitrogens with zero attached hydrogens (tertiary/aromatic N) is 2. The third kappa shape index (κ3) is 4.17. The fourth-order valence-electron chi connectivity index (χ4n) is 2.39. The molecule has 3 aromatic rings. The quantitative estimate of drug-likeness (QED) is 0.638. The molecule has 0 bridgehead atoms. The molecule has 0 aliphatic heterocycles. The lowest BCUT2D eigenvalue weighted by molar-refractivity contribution is 0.102. The first-order chi connectivity index (χ1) is 13.0. The molecule has 0 saturated heterocycles. The Labute approximate surface area is 164 Å². The number of rotatable bonds is 5. The molecule has 0 spiro atoms. The van der Waals surface area contributed by atoms with Gasteiger partial charge in [-0.2, -0.15) is 0 Å². The van der Waals surface area contributed by atoms with Gasteiger partial charge < -0.3 is 19.9 Å². The van der Waals surface area contributed by atoms with Gasteiger partial charge in [0.05, 0.1) is 32.3 Å². The molecule has 0 aliphatic rings. The van der Waals surface area contributed by atoms with Crippen molar-refractivity contribution in [1.82, 2.24) is 9.97 Å². The van der Waals surface area contributed by atoms with E-state index in [1.165, 1.54) is 26.6 Å². The van der Waals surface area contributed by atoms with Crippen LogP contribution in [0.3, 0.4) is 0 Å². The highest BCUT2D eigenvalue weighted by Crippen LogP contribution is 2.35. The predicted octanol–water partition coefficient (Wildman–Crippen LogP) is 3.88. The minimum atomic E-state index is -0.354. The first-order valence-corrected chi connectivity index (χ1v) is 8.65. The molecule has 2 N–H and O–H groups in total. The average Bonchev–Trinajstić information content (AvgIpc) is 2.68. The molecule has 0 atom stereocenters. The maximum absolute atomic E-state index is 12.5. The Kier molecular flexibility index (Phi) is 5.56. The number of methoxy groups -OCH3 is 2. The summed E-state index contributed by atoms with van der Waals surface area (Å²) in [5, 5.41) is 12.3. The highest BCUT2D eigenvalue weighted by atomic mass is 79.9. The third-order valence-corrected chi connectivity index (χ3v) is 4.50. The summed E-state index contributed by atoms with van der Waals surface area (Å²) in [6.07, 6.45) is 3.00. The van der Waals surface area contributed by atoms with Crippen LogP contribution in [0.4, 0.5) is 5.69 Å². The molecular formula is C19H16BrN3O4. The van der Waals surface area contributed by atoms with Gasteiger partial charge in [-0.25, -0.2) is 9.97 Å². The van der Waals surface area contributed by atoms with Gasteiger partial charge in [-0.3, -0.25) is 4.79 Å². The average molecular weight is 430 g/mol. The van der Waals surface area contributed by atoms with Crippen LogP contribution in [0.1, 0.15) is 10.4 Å². The van der Waals surface area contributed by atoms with Crippen LogP contribution in [0.2, 0.25) is 0 Å². The summed E-state index contributed by atoms with van der Waals surface area (Å²) in [6, 6.07) is 9.83. The number of carbonyl (C=O) groups is 1. The number of hydrogen-bond acceptors (Lipinski definition) is 6. The normalized spacial score (nSPS) is 10.3. The number of phenols is 1. The molecular weight excluding hydrogens is 414 g/mol. The number of halogens is 1. The zero-order valence-electron chi connectivity index (χ0n) is 14.6. The Morgan fingerprint density at radius 3 is 2.26 bits per heavy atom. The largest absolute Gasteiger partial charge is 0.508 e. The number of amides is 1. The van der Waals surface area contributed by atoms with E-state index < -0.39 is 0 Å². The van der Waals surface area contributed by atoms with Crippen molar-refractivity contribution in [1.29, 1.82) is 0 Å². The summed E-state index contributed by atoms with van der Waals surface area (Å²) < 4.78 is 11.1. The maximum atomic E-state index is 12.5. The summed E-state index contributed by atoms with van der Waals surface area (Å²) in [5.74, 6) is 1.18. The molecule has 1 heterocycles. The van der Waals surface area contributed by atoms with Crippen molar-refractivity contribution >= 4 is 27.5 Å². The summed E-state index contributed by atoms with van der Waals surface area (Å²) in [6.45, 7) is 0. The highest BCUT2D eigenvalue weighted by molar-refractivity contribution is 9.10. The maximum Gasteiger partial charge on any atom is 0.256 e. The van der Waals surface area contributed by atoms with Crippen molar-refractivity contribution in [3.05, 3.63) is 58.8 Å². The molecule has 0 fully saturated rings. The first-order valence-electron chi connectivity index (χ1n) is 7.86. The molecule has 0 aliphatic carbocycles. The Hall–Kier alpha value is -3.13. The summed E-state index contributed by atoms with van der Waals surface area (Å²) >= 11 is 3.37. The minimum Gasteiger partial charge on any atom is -0.508 e. The smallest absolute Gasteiger partial charge is 0.256 e. The monoisotopic (exact) mass is 429 g/mol. The van der Waals surface area contributed by atoms with Gasteiger partial charge in [0.15, 0.2) is 5.82 Å². The van der Waals surface area contributed by atoms with Crippen molar-refractivity contribution in [2.45, 2.75) is 0 Å². The number of nitrogens with one attached hydrogen (secondary N) is 1. The van der Waals surface area contributed by atoms with Crippen LogP contribution < -0.4 is 14.8 Å². The van der Waals surface area contributed by atoms with Gasteiger partial charge in [-0.1, -0.05) is 12.1 Å². The van der Waals surface area contributed by atoms with E-state index in [-0.39, 0.29) is 11.7 Å². The lowest BCUT2D eigenvalue weighted by atomic mass is 10.2. The predicted molar refractivity (Wildman–Crippen MR) is 104 cm³/mol. The topological polar surface area (TPSA) is 93.6 Å². The number of anilines is 1. The molecule has 1 amide bonds. The van der Waals surface area contributed by atoms with E-state index in [2.05, 4.69) is 31.2 Å². The van der Waals surface area contributed by atoms with Gasteiger partial charge >= 0.3 is 0 Å². The molecule has 2 aromatic carbocycles. The van der Waals surface area contributed by atoms with Gasteiger partial charge in [0.1, 0.15) is 21.7 Å². The fourth-order valence-corrected chi connectivity index (χ4v) is 2.94.